The lowest BCUT2D eigenvalue weighted by Crippen LogP contribution is -2.14. The number of amides is 2. The van der Waals surface area contributed by atoms with Crippen molar-refractivity contribution in [2.45, 2.75) is 6.18 Å². The van der Waals surface area contributed by atoms with Gasteiger partial charge in [0.25, 0.3) is 11.8 Å². The number of carbonyl (C=O) groups is 2. The first-order valence-corrected chi connectivity index (χ1v) is 8.80. The van der Waals surface area contributed by atoms with E-state index in [-0.39, 0.29) is 11.5 Å². The number of nitrogens with one attached hydrogen (secondary N) is 2. The lowest BCUT2D eigenvalue weighted by Gasteiger charge is -2.09. The fourth-order valence-corrected chi connectivity index (χ4v) is 2.60. The number of rotatable bonds is 5. The zero-order valence-electron chi connectivity index (χ0n) is 15.8. The Hall–Kier alpha value is -3.81. The van der Waals surface area contributed by atoms with E-state index in [0.717, 1.165) is 24.3 Å². The monoisotopic (exact) mass is 414 g/mol. The molecule has 3 rings (SSSR count). The molecule has 0 unspecified atom stereocenters. The molecule has 0 heterocycles. The number of carbonyl (C=O) groups excluding carboxylic acids is 2. The molecule has 30 heavy (non-hydrogen) atoms. The molecule has 5 nitrogen and oxygen atoms in total. The number of hydrogen-bond donors (Lipinski definition) is 2. The Morgan fingerprint density at radius 3 is 1.50 bits per heavy atom. The number of methoxy groups -OCH3 is 1. The topological polar surface area (TPSA) is 67.4 Å². The van der Waals surface area contributed by atoms with Crippen molar-refractivity contribution in [2.75, 3.05) is 17.7 Å². The molecule has 0 bridgehead atoms. The van der Waals surface area contributed by atoms with Gasteiger partial charge in [0.2, 0.25) is 0 Å². The van der Waals surface area contributed by atoms with Gasteiger partial charge >= 0.3 is 6.18 Å². The molecule has 3 aromatic carbocycles. The van der Waals surface area contributed by atoms with Crippen LogP contribution in [0.15, 0.2) is 72.8 Å². The molecule has 154 valence electrons. The second kappa shape index (κ2) is 8.69. The minimum absolute atomic E-state index is 0.0873. The highest BCUT2D eigenvalue weighted by Crippen LogP contribution is 2.29. The van der Waals surface area contributed by atoms with Crippen LogP contribution in [0.4, 0.5) is 24.5 Å². The molecule has 8 heteroatoms. The molecular formula is C22H17F3N2O3. The quantitative estimate of drug-likeness (QED) is 0.602. The van der Waals surface area contributed by atoms with Crippen LogP contribution in [0.1, 0.15) is 26.3 Å². The van der Waals surface area contributed by atoms with Crippen LogP contribution >= 0.6 is 0 Å². The van der Waals surface area contributed by atoms with E-state index in [2.05, 4.69) is 10.6 Å². The first-order valence-electron chi connectivity index (χ1n) is 8.80. The highest BCUT2D eigenvalue weighted by atomic mass is 19.4. The summed E-state index contributed by atoms with van der Waals surface area (Å²) in [6, 6.07) is 16.9. The van der Waals surface area contributed by atoms with E-state index in [4.69, 9.17) is 4.74 Å². The lowest BCUT2D eigenvalue weighted by molar-refractivity contribution is -0.137. The molecule has 0 fully saturated rings. The van der Waals surface area contributed by atoms with Gasteiger partial charge in [0.15, 0.2) is 0 Å². The number of alkyl halides is 3. The second-order valence-electron chi connectivity index (χ2n) is 6.29. The highest BCUT2D eigenvalue weighted by molar-refractivity contribution is 6.06. The van der Waals surface area contributed by atoms with E-state index >= 15 is 0 Å². The van der Waals surface area contributed by atoms with Crippen LogP contribution in [-0.2, 0) is 6.18 Å². The molecule has 0 aromatic heterocycles. The van der Waals surface area contributed by atoms with Gasteiger partial charge in [0.1, 0.15) is 5.75 Å². The molecule has 2 amide bonds. The Morgan fingerprint density at radius 1 is 0.700 bits per heavy atom. The normalized spacial score (nSPS) is 10.9. The van der Waals surface area contributed by atoms with E-state index in [0.29, 0.717) is 22.7 Å². The highest BCUT2D eigenvalue weighted by Gasteiger charge is 2.30. The summed E-state index contributed by atoms with van der Waals surface area (Å²) in [6.07, 6.45) is -4.46. The van der Waals surface area contributed by atoms with Crippen LogP contribution in [-0.4, -0.2) is 18.9 Å². The zero-order chi connectivity index (χ0) is 21.7. The number of benzene rings is 3. The SMILES string of the molecule is COc1ccc(NC(=O)c2ccc(NC(=O)c3ccc(C(F)(F)F)cc3)cc2)cc1. The average molecular weight is 414 g/mol. The maximum Gasteiger partial charge on any atom is 0.416 e. The van der Waals surface area contributed by atoms with Gasteiger partial charge in [0, 0.05) is 22.5 Å². The van der Waals surface area contributed by atoms with Crippen LogP contribution in [0.25, 0.3) is 0 Å². The van der Waals surface area contributed by atoms with Crippen LogP contribution in [0, 0.1) is 0 Å². The van der Waals surface area contributed by atoms with Gasteiger partial charge in [-0.2, -0.15) is 13.2 Å². The third kappa shape index (κ3) is 5.16. The Kier molecular flexibility index (Phi) is 6.06. The Balaban J connectivity index is 1.62. The molecule has 0 aliphatic carbocycles. The number of ether oxygens (including phenoxy) is 1. The fourth-order valence-electron chi connectivity index (χ4n) is 2.60. The largest absolute Gasteiger partial charge is 0.497 e. The first kappa shape index (κ1) is 20.9. The number of halogens is 3. The van der Waals surface area contributed by atoms with E-state index in [1.54, 1.807) is 31.4 Å². The maximum absolute atomic E-state index is 12.6. The molecule has 0 aliphatic heterocycles. The van der Waals surface area contributed by atoms with Gasteiger partial charge in [-0.3, -0.25) is 9.59 Å². The predicted octanol–water partition coefficient (Wildman–Crippen LogP) is 5.22. The maximum atomic E-state index is 12.6. The molecule has 0 radical (unpaired) electrons. The molecule has 3 aromatic rings. The third-order valence-electron chi connectivity index (χ3n) is 4.23. The van der Waals surface area contributed by atoms with E-state index < -0.39 is 17.6 Å². The summed E-state index contributed by atoms with van der Waals surface area (Å²) in [6.45, 7) is 0. The number of hydrogen-bond acceptors (Lipinski definition) is 3. The molecule has 0 atom stereocenters. The molecule has 0 aliphatic rings. The summed E-state index contributed by atoms with van der Waals surface area (Å²) in [5.74, 6) is -0.221. The van der Waals surface area contributed by atoms with Crippen molar-refractivity contribution in [2.24, 2.45) is 0 Å². The van der Waals surface area contributed by atoms with Gasteiger partial charge < -0.3 is 15.4 Å². The zero-order valence-corrected chi connectivity index (χ0v) is 15.8. The smallest absolute Gasteiger partial charge is 0.416 e. The summed E-state index contributed by atoms with van der Waals surface area (Å²) in [7, 11) is 1.55. The van der Waals surface area contributed by atoms with Crippen molar-refractivity contribution in [3.05, 3.63) is 89.5 Å². The van der Waals surface area contributed by atoms with Crippen LogP contribution in [0.2, 0.25) is 0 Å². The predicted molar refractivity (Wildman–Crippen MR) is 107 cm³/mol. The van der Waals surface area contributed by atoms with E-state index in [9.17, 15) is 22.8 Å². The summed E-state index contributed by atoms with van der Waals surface area (Å²) in [4.78, 5) is 24.5. The fraction of sp³-hybridized carbons (Fsp3) is 0.0909. The lowest BCUT2D eigenvalue weighted by atomic mass is 10.1. The van der Waals surface area contributed by atoms with Crippen LogP contribution in [0.5, 0.6) is 5.75 Å². The average Bonchev–Trinajstić information content (AvgIpc) is 2.74. The molecular weight excluding hydrogens is 397 g/mol. The minimum Gasteiger partial charge on any atom is -0.497 e. The molecule has 0 saturated heterocycles. The van der Waals surface area contributed by atoms with Crippen molar-refractivity contribution < 1.29 is 27.5 Å². The minimum atomic E-state index is -4.46. The van der Waals surface area contributed by atoms with Crippen molar-refractivity contribution >= 4 is 23.2 Å². The van der Waals surface area contributed by atoms with Gasteiger partial charge in [-0.05, 0) is 72.8 Å². The molecule has 0 spiro atoms. The van der Waals surface area contributed by atoms with Crippen molar-refractivity contribution in [3.63, 3.8) is 0 Å². The van der Waals surface area contributed by atoms with Gasteiger partial charge in [-0.25, -0.2) is 0 Å². The second-order valence-corrected chi connectivity index (χ2v) is 6.29. The van der Waals surface area contributed by atoms with E-state index in [1.807, 2.05) is 0 Å². The third-order valence-corrected chi connectivity index (χ3v) is 4.23. The number of anilines is 2. The van der Waals surface area contributed by atoms with E-state index in [1.165, 1.54) is 24.3 Å². The summed E-state index contributed by atoms with van der Waals surface area (Å²) < 4.78 is 42.9. The van der Waals surface area contributed by atoms with Gasteiger partial charge in [-0.15, -0.1) is 0 Å². The summed E-state index contributed by atoms with van der Waals surface area (Å²) >= 11 is 0. The molecule has 2 N–H and O–H groups in total. The van der Waals surface area contributed by atoms with Crippen molar-refractivity contribution in [3.8, 4) is 5.75 Å². The van der Waals surface area contributed by atoms with Crippen molar-refractivity contribution in [1.29, 1.82) is 0 Å². The first-order chi connectivity index (χ1) is 14.3. The van der Waals surface area contributed by atoms with Gasteiger partial charge in [-0.1, -0.05) is 0 Å². The summed E-state index contributed by atoms with van der Waals surface area (Å²) in [5, 5.41) is 5.32. The van der Waals surface area contributed by atoms with Gasteiger partial charge in [0.05, 0.1) is 12.7 Å². The van der Waals surface area contributed by atoms with Crippen molar-refractivity contribution in [1.82, 2.24) is 0 Å². The Morgan fingerprint density at radius 2 is 1.10 bits per heavy atom. The Labute approximate surface area is 170 Å². The van der Waals surface area contributed by atoms with Crippen LogP contribution < -0.4 is 15.4 Å². The summed E-state index contributed by atoms with van der Waals surface area (Å²) in [5.41, 5.74) is 0.635. The Bertz CT molecular complexity index is 1030. The standard InChI is InChI=1S/C22H17F3N2O3/c1-30-19-12-10-18(11-13-19)27-21(29)15-4-8-17(9-5-15)26-20(28)14-2-6-16(7-3-14)22(23,24)25/h2-13H,1H3,(H,26,28)(H,27,29). The molecule has 0 saturated carbocycles. The van der Waals surface area contributed by atoms with Crippen LogP contribution in [0.3, 0.4) is 0 Å².